The number of likely N-dealkylation sites (tertiary alicyclic amines) is 1. The summed E-state index contributed by atoms with van der Waals surface area (Å²) in [6, 6.07) is 6.51. The number of nitrogens with zero attached hydrogens (tertiary/aromatic N) is 1. The summed E-state index contributed by atoms with van der Waals surface area (Å²) < 4.78 is 0. The normalized spacial score (nSPS) is 17.2. The van der Waals surface area contributed by atoms with Crippen LogP contribution >= 0.6 is 0 Å². The Hall–Kier alpha value is -2.78. The van der Waals surface area contributed by atoms with E-state index in [1.165, 1.54) is 0 Å². The molecule has 2 rings (SSSR count). The Morgan fingerprint density at radius 1 is 1.24 bits per heavy atom. The van der Waals surface area contributed by atoms with Crippen molar-refractivity contribution in [1.82, 2.24) is 10.2 Å². The maximum Gasteiger partial charge on any atom is 0.319 e. The molecule has 25 heavy (non-hydrogen) atoms. The number of urea groups is 1. The molecule has 1 aromatic rings. The van der Waals surface area contributed by atoms with Crippen LogP contribution in [-0.4, -0.2) is 42.5 Å². The van der Waals surface area contributed by atoms with E-state index >= 15 is 0 Å². The van der Waals surface area contributed by atoms with Crippen LogP contribution in [0.15, 0.2) is 36.9 Å². The average molecular weight is 340 g/mol. The molecule has 0 radical (unpaired) electrons. The number of hydrogen-bond donors (Lipinski definition) is 3. The second-order valence-corrected chi connectivity index (χ2v) is 5.88. The quantitative estimate of drug-likeness (QED) is 0.550. The van der Waals surface area contributed by atoms with Gasteiger partial charge >= 0.3 is 6.03 Å². The first-order valence-corrected chi connectivity index (χ1v) is 8.38. The fourth-order valence-corrected chi connectivity index (χ4v) is 2.80. The van der Waals surface area contributed by atoms with Crippen LogP contribution in [0.1, 0.15) is 19.3 Å². The predicted molar refractivity (Wildman–Crippen MR) is 100 cm³/mol. The molecule has 1 fully saturated rings. The van der Waals surface area contributed by atoms with Crippen molar-refractivity contribution in [2.45, 2.75) is 25.3 Å². The molecule has 0 aromatic heterocycles. The second-order valence-electron chi connectivity index (χ2n) is 5.88. The van der Waals surface area contributed by atoms with Gasteiger partial charge in [0.1, 0.15) is 0 Å². The number of terminal acetylenes is 1. The van der Waals surface area contributed by atoms with Gasteiger partial charge in [0.25, 0.3) is 0 Å². The molecule has 0 spiro atoms. The molecule has 132 valence electrons. The summed E-state index contributed by atoms with van der Waals surface area (Å²) in [6.45, 7) is 5.27. The molecule has 3 N–H and O–H groups in total. The van der Waals surface area contributed by atoms with E-state index in [4.69, 9.17) is 6.42 Å². The molecule has 0 aliphatic carbocycles. The lowest BCUT2D eigenvalue weighted by Crippen LogP contribution is -2.47. The zero-order chi connectivity index (χ0) is 18.1. The highest BCUT2D eigenvalue weighted by molar-refractivity contribution is 5.95. The third-order valence-electron chi connectivity index (χ3n) is 4.03. The number of amides is 3. The van der Waals surface area contributed by atoms with Crippen molar-refractivity contribution >= 4 is 23.3 Å². The summed E-state index contributed by atoms with van der Waals surface area (Å²) in [5, 5.41) is 8.26. The van der Waals surface area contributed by atoms with Gasteiger partial charge in [0.05, 0.1) is 12.6 Å². The van der Waals surface area contributed by atoms with Gasteiger partial charge in [-0.1, -0.05) is 18.4 Å². The Labute approximate surface area is 148 Å². The van der Waals surface area contributed by atoms with Crippen molar-refractivity contribution in [1.29, 1.82) is 0 Å². The van der Waals surface area contributed by atoms with Crippen molar-refractivity contribution in [3.63, 3.8) is 0 Å². The van der Waals surface area contributed by atoms with Crippen LogP contribution in [-0.2, 0) is 4.79 Å². The van der Waals surface area contributed by atoms with Gasteiger partial charge in [-0.15, -0.1) is 13.0 Å². The number of carbonyl (C=O) groups excluding carboxylic acids is 2. The number of anilines is 2. The minimum absolute atomic E-state index is 0.0422. The fourth-order valence-electron chi connectivity index (χ4n) is 2.80. The van der Waals surface area contributed by atoms with Crippen LogP contribution in [0.2, 0.25) is 0 Å². The summed E-state index contributed by atoms with van der Waals surface area (Å²) in [6.07, 6.45) is 9.91. The number of carbonyl (C=O) groups is 2. The van der Waals surface area contributed by atoms with Crippen molar-refractivity contribution in [3.8, 4) is 12.3 Å². The van der Waals surface area contributed by atoms with E-state index in [2.05, 4.69) is 28.4 Å². The van der Waals surface area contributed by atoms with Crippen molar-refractivity contribution < 1.29 is 9.59 Å². The molecule has 1 aliphatic heterocycles. The highest BCUT2D eigenvalue weighted by atomic mass is 16.2. The van der Waals surface area contributed by atoms with Gasteiger partial charge in [-0.3, -0.25) is 9.69 Å². The smallest absolute Gasteiger partial charge is 0.319 e. The first-order chi connectivity index (χ1) is 12.1. The van der Waals surface area contributed by atoms with E-state index in [0.717, 1.165) is 25.8 Å². The molecule has 1 unspecified atom stereocenters. The molecule has 1 saturated heterocycles. The van der Waals surface area contributed by atoms with E-state index < -0.39 is 0 Å². The molecule has 6 heteroatoms. The van der Waals surface area contributed by atoms with E-state index in [1.54, 1.807) is 30.3 Å². The molecule has 1 aromatic carbocycles. The van der Waals surface area contributed by atoms with Crippen molar-refractivity contribution in [2.24, 2.45) is 0 Å². The Morgan fingerprint density at radius 2 is 1.92 bits per heavy atom. The molecular weight excluding hydrogens is 316 g/mol. The van der Waals surface area contributed by atoms with Crippen LogP contribution < -0.4 is 16.0 Å². The Kier molecular flexibility index (Phi) is 7.05. The minimum atomic E-state index is -0.302. The van der Waals surface area contributed by atoms with Crippen LogP contribution in [0.4, 0.5) is 16.2 Å². The maximum absolute atomic E-state index is 12.5. The molecule has 0 saturated carbocycles. The highest BCUT2D eigenvalue weighted by Gasteiger charge is 2.27. The SMILES string of the molecule is C#CCN1CCCCC1C(=O)Nc1ccc(NC(=O)NCC=C)cc1. The van der Waals surface area contributed by atoms with E-state index in [-0.39, 0.29) is 18.0 Å². The Bertz CT molecular complexity index is 648. The number of benzene rings is 1. The van der Waals surface area contributed by atoms with E-state index in [1.807, 2.05) is 4.90 Å². The Balaban J connectivity index is 1.91. The van der Waals surface area contributed by atoms with E-state index in [0.29, 0.717) is 24.5 Å². The van der Waals surface area contributed by atoms with Crippen LogP contribution in [0.3, 0.4) is 0 Å². The highest BCUT2D eigenvalue weighted by Crippen LogP contribution is 2.19. The van der Waals surface area contributed by atoms with Crippen molar-refractivity contribution in [3.05, 3.63) is 36.9 Å². The van der Waals surface area contributed by atoms with Crippen LogP contribution in [0.5, 0.6) is 0 Å². The molecule has 6 nitrogen and oxygen atoms in total. The molecule has 3 amide bonds. The summed E-state index contributed by atoms with van der Waals surface area (Å²) in [5.41, 5.74) is 1.33. The van der Waals surface area contributed by atoms with Gasteiger partial charge in [0.15, 0.2) is 0 Å². The predicted octanol–water partition coefficient (Wildman–Crippen LogP) is 2.42. The Morgan fingerprint density at radius 3 is 2.56 bits per heavy atom. The topological polar surface area (TPSA) is 73.5 Å². The third kappa shape index (κ3) is 5.66. The first-order valence-electron chi connectivity index (χ1n) is 8.38. The second kappa shape index (κ2) is 9.50. The fraction of sp³-hybridized carbons (Fsp3) is 0.368. The zero-order valence-electron chi connectivity index (χ0n) is 14.3. The number of piperidine rings is 1. The summed E-state index contributed by atoms with van der Waals surface area (Å²) >= 11 is 0. The van der Waals surface area contributed by atoms with Crippen LogP contribution in [0, 0.1) is 12.3 Å². The van der Waals surface area contributed by atoms with Gasteiger partial charge in [-0.05, 0) is 43.7 Å². The van der Waals surface area contributed by atoms with Gasteiger partial charge in [0.2, 0.25) is 5.91 Å². The minimum Gasteiger partial charge on any atom is -0.334 e. The number of nitrogens with one attached hydrogen (secondary N) is 3. The lowest BCUT2D eigenvalue weighted by atomic mass is 10.0. The summed E-state index contributed by atoms with van der Waals surface area (Å²) in [5.74, 6) is 2.58. The van der Waals surface area contributed by atoms with Gasteiger partial charge in [-0.25, -0.2) is 4.79 Å². The van der Waals surface area contributed by atoms with Crippen molar-refractivity contribution in [2.75, 3.05) is 30.3 Å². The lowest BCUT2D eigenvalue weighted by Gasteiger charge is -2.33. The molecule has 1 atom stereocenters. The summed E-state index contributed by atoms with van der Waals surface area (Å²) in [4.78, 5) is 26.1. The average Bonchev–Trinajstić information content (AvgIpc) is 2.62. The van der Waals surface area contributed by atoms with Gasteiger partial charge < -0.3 is 16.0 Å². The molecule has 1 heterocycles. The summed E-state index contributed by atoms with van der Waals surface area (Å²) in [7, 11) is 0. The van der Waals surface area contributed by atoms with Crippen LogP contribution in [0.25, 0.3) is 0 Å². The van der Waals surface area contributed by atoms with E-state index in [9.17, 15) is 9.59 Å². The molecular formula is C19H24N4O2. The molecule has 1 aliphatic rings. The first kappa shape index (κ1) is 18.6. The van der Waals surface area contributed by atoms with Gasteiger partial charge in [0, 0.05) is 17.9 Å². The number of hydrogen-bond acceptors (Lipinski definition) is 3. The number of rotatable bonds is 6. The van der Waals surface area contributed by atoms with Gasteiger partial charge in [-0.2, -0.15) is 0 Å². The lowest BCUT2D eigenvalue weighted by molar-refractivity contribution is -0.122. The maximum atomic E-state index is 12.5. The largest absolute Gasteiger partial charge is 0.334 e. The molecule has 0 bridgehead atoms. The third-order valence-corrected chi connectivity index (χ3v) is 4.03. The zero-order valence-corrected chi connectivity index (χ0v) is 14.3. The monoisotopic (exact) mass is 340 g/mol. The standard InChI is InChI=1S/C19H24N4O2/c1-3-12-20-19(25)22-16-10-8-15(9-11-16)21-18(24)17-7-5-6-14-23(17)13-4-2/h2-3,8-11,17H,1,5-7,12-14H2,(H,21,24)(H2,20,22,25).